The lowest BCUT2D eigenvalue weighted by Crippen LogP contribution is -2.33. The van der Waals surface area contributed by atoms with Gasteiger partial charge in [0, 0.05) is 37.3 Å². The maximum atomic E-state index is 6.42. The summed E-state index contributed by atoms with van der Waals surface area (Å²) in [5, 5.41) is 6.39. The molecular weight excluding hydrogens is 606 g/mol. The molecule has 46 heavy (non-hydrogen) atoms. The fourth-order valence-electron chi connectivity index (χ4n) is 6.43. The van der Waals surface area contributed by atoms with Crippen LogP contribution in [0.1, 0.15) is 12.8 Å². The smallest absolute Gasteiger partial charge is 0.126 e. The van der Waals surface area contributed by atoms with E-state index >= 15 is 0 Å². The molecule has 0 fully saturated rings. The van der Waals surface area contributed by atoms with E-state index < -0.39 is 15.8 Å². The van der Waals surface area contributed by atoms with Crippen molar-refractivity contribution < 1.29 is 18.9 Å². The van der Waals surface area contributed by atoms with Crippen molar-refractivity contribution in [3.63, 3.8) is 0 Å². The average Bonchev–Trinajstić information content (AvgIpc) is 3.13. The van der Waals surface area contributed by atoms with Gasteiger partial charge in [0.2, 0.25) is 0 Å². The van der Waals surface area contributed by atoms with E-state index in [-0.39, 0.29) is 11.8 Å². The maximum absolute atomic E-state index is 6.42. The van der Waals surface area contributed by atoms with Gasteiger partial charge in [-0.1, -0.05) is 121 Å². The predicted molar refractivity (Wildman–Crippen MR) is 193 cm³/mol. The molecule has 4 aromatic carbocycles. The standard InChI is InChI=1S/C40H40O4P2/c1-41-29-25-35(43-3)39(37(27-29)45(31-17-9-5-10-18-31)32-19-11-6-12-20-32)40-36(44-4)26-30(42-2)28-38(40)46(33-21-13-7-14-22-33)34-23-15-8-16-24-34/h5-25,28,36-37H,26-27H2,1-4H3. The zero-order valence-electron chi connectivity index (χ0n) is 26.8. The zero-order chi connectivity index (χ0) is 31.9. The van der Waals surface area contributed by atoms with E-state index in [2.05, 4.69) is 133 Å². The van der Waals surface area contributed by atoms with E-state index in [0.717, 1.165) is 23.7 Å². The molecule has 0 aromatic heterocycles. The summed E-state index contributed by atoms with van der Waals surface area (Å²) in [4.78, 5) is 0. The average molecular weight is 647 g/mol. The molecule has 0 aliphatic heterocycles. The fourth-order valence-corrected chi connectivity index (χ4v) is 11.9. The second kappa shape index (κ2) is 15.1. The molecule has 0 heterocycles. The van der Waals surface area contributed by atoms with Gasteiger partial charge in [0.1, 0.15) is 11.5 Å². The van der Waals surface area contributed by atoms with Gasteiger partial charge in [-0.25, -0.2) is 0 Å². The second-order valence-electron chi connectivity index (χ2n) is 11.1. The molecule has 4 aromatic rings. The molecule has 4 nitrogen and oxygen atoms in total. The van der Waals surface area contributed by atoms with Crippen LogP contribution >= 0.6 is 15.8 Å². The van der Waals surface area contributed by atoms with Gasteiger partial charge in [-0.3, -0.25) is 0 Å². The molecule has 2 aliphatic carbocycles. The molecular formula is C40H40O4P2. The van der Waals surface area contributed by atoms with E-state index in [1.807, 2.05) is 7.11 Å². The van der Waals surface area contributed by atoms with Crippen LogP contribution in [-0.4, -0.2) is 40.2 Å². The van der Waals surface area contributed by atoms with Crippen molar-refractivity contribution in [1.29, 1.82) is 0 Å². The molecule has 0 amide bonds. The summed E-state index contributed by atoms with van der Waals surface area (Å²) in [5.41, 5.74) is 2.45. The Bertz CT molecular complexity index is 1650. The normalized spacial score (nSPS) is 18.4. The highest BCUT2D eigenvalue weighted by atomic mass is 31.1. The summed E-state index contributed by atoms with van der Waals surface area (Å²) < 4.78 is 24.7. The third-order valence-corrected chi connectivity index (χ3v) is 13.8. The van der Waals surface area contributed by atoms with E-state index in [1.165, 1.54) is 37.7 Å². The van der Waals surface area contributed by atoms with Crippen LogP contribution in [0.4, 0.5) is 0 Å². The number of benzene rings is 4. The summed E-state index contributed by atoms with van der Waals surface area (Å²) in [5.74, 6) is 2.66. The van der Waals surface area contributed by atoms with E-state index in [4.69, 9.17) is 18.9 Å². The molecule has 2 unspecified atom stereocenters. The molecule has 0 N–H and O–H groups in total. The molecule has 0 bridgehead atoms. The Morgan fingerprint density at radius 3 is 1.39 bits per heavy atom. The first-order chi connectivity index (χ1) is 22.7. The monoisotopic (exact) mass is 646 g/mol. The third-order valence-electron chi connectivity index (χ3n) is 8.54. The molecule has 0 spiro atoms. The molecule has 6 heteroatoms. The van der Waals surface area contributed by atoms with Gasteiger partial charge >= 0.3 is 0 Å². The van der Waals surface area contributed by atoms with Crippen molar-refractivity contribution in [2.75, 3.05) is 28.4 Å². The predicted octanol–water partition coefficient (Wildman–Crippen LogP) is 7.66. The van der Waals surface area contributed by atoms with Crippen LogP contribution in [0.5, 0.6) is 0 Å². The van der Waals surface area contributed by atoms with Crippen molar-refractivity contribution in [1.82, 2.24) is 0 Å². The Morgan fingerprint density at radius 2 is 0.957 bits per heavy atom. The van der Waals surface area contributed by atoms with Gasteiger partial charge in [0.15, 0.2) is 0 Å². The van der Waals surface area contributed by atoms with Gasteiger partial charge in [-0.15, -0.1) is 0 Å². The molecule has 2 atom stereocenters. The van der Waals surface area contributed by atoms with Crippen LogP contribution in [0, 0.1) is 0 Å². The minimum absolute atomic E-state index is 0.0678. The van der Waals surface area contributed by atoms with E-state index in [0.29, 0.717) is 6.42 Å². The number of rotatable bonds is 11. The minimum Gasteiger partial charge on any atom is -0.501 e. The van der Waals surface area contributed by atoms with Gasteiger partial charge < -0.3 is 18.9 Å². The molecule has 0 saturated carbocycles. The number of hydrogen-bond acceptors (Lipinski definition) is 4. The highest BCUT2D eigenvalue weighted by Gasteiger charge is 2.41. The summed E-state index contributed by atoms with van der Waals surface area (Å²) in [6, 6.07) is 43.5. The Morgan fingerprint density at radius 1 is 0.500 bits per heavy atom. The van der Waals surface area contributed by atoms with Crippen molar-refractivity contribution in [3.05, 3.63) is 167 Å². The van der Waals surface area contributed by atoms with Gasteiger partial charge in [-0.05, 0) is 54.0 Å². The molecule has 6 rings (SSSR count). The fraction of sp³-hybridized carbons (Fsp3) is 0.200. The molecule has 234 valence electrons. The van der Waals surface area contributed by atoms with Crippen LogP contribution in [-0.2, 0) is 18.9 Å². The lowest BCUT2D eigenvalue weighted by Gasteiger charge is -2.40. The second-order valence-corrected chi connectivity index (χ2v) is 15.7. The van der Waals surface area contributed by atoms with E-state index in [1.54, 1.807) is 21.3 Å². The SMILES string of the molecule is COC1=CC(P(c2ccccc2)c2ccccc2)=C(C2=C(OC)C=C(OC)CC2P(c2ccccc2)c2ccccc2)C(OC)C1. The number of ether oxygens (including phenoxy) is 4. The van der Waals surface area contributed by atoms with Crippen LogP contribution in [0.15, 0.2) is 167 Å². The Labute approximate surface area is 275 Å². The third kappa shape index (κ3) is 6.62. The largest absolute Gasteiger partial charge is 0.501 e. The van der Waals surface area contributed by atoms with Crippen LogP contribution in [0.25, 0.3) is 0 Å². The molecule has 0 saturated heterocycles. The van der Waals surface area contributed by atoms with Crippen LogP contribution in [0.3, 0.4) is 0 Å². The molecule has 0 radical (unpaired) electrons. The minimum atomic E-state index is -0.975. The van der Waals surface area contributed by atoms with Gasteiger partial charge in [0.05, 0.1) is 33.2 Å². The Balaban J connectivity index is 1.69. The number of methoxy groups -OCH3 is 4. The first kappa shape index (κ1) is 32.0. The lowest BCUT2D eigenvalue weighted by atomic mass is 9.87. The number of allylic oxidation sites excluding steroid dienone is 4. The summed E-state index contributed by atoms with van der Waals surface area (Å²) in [7, 11) is 5.25. The van der Waals surface area contributed by atoms with Gasteiger partial charge in [0.25, 0.3) is 0 Å². The highest BCUT2D eigenvalue weighted by Crippen LogP contribution is 2.56. The summed E-state index contributed by atoms with van der Waals surface area (Å²) in [6.45, 7) is 0. The number of hydrogen-bond donors (Lipinski definition) is 0. The van der Waals surface area contributed by atoms with Crippen molar-refractivity contribution >= 4 is 37.1 Å². The lowest BCUT2D eigenvalue weighted by molar-refractivity contribution is 0.112. The zero-order valence-corrected chi connectivity index (χ0v) is 28.6. The van der Waals surface area contributed by atoms with Crippen LogP contribution < -0.4 is 21.2 Å². The van der Waals surface area contributed by atoms with Crippen LogP contribution in [0.2, 0.25) is 0 Å². The molecule has 2 aliphatic rings. The van der Waals surface area contributed by atoms with E-state index in [9.17, 15) is 0 Å². The maximum Gasteiger partial charge on any atom is 0.126 e. The highest BCUT2D eigenvalue weighted by molar-refractivity contribution is 7.77. The van der Waals surface area contributed by atoms with Crippen molar-refractivity contribution in [2.24, 2.45) is 0 Å². The Kier molecular flexibility index (Phi) is 10.5. The van der Waals surface area contributed by atoms with Crippen molar-refractivity contribution in [3.8, 4) is 0 Å². The summed E-state index contributed by atoms with van der Waals surface area (Å²) in [6.07, 6.45) is 5.51. The topological polar surface area (TPSA) is 36.9 Å². The first-order valence-corrected chi connectivity index (χ1v) is 18.3. The quantitative estimate of drug-likeness (QED) is 0.157. The Hall–Kier alpha value is -3.94. The summed E-state index contributed by atoms with van der Waals surface area (Å²) >= 11 is 0. The van der Waals surface area contributed by atoms with Gasteiger partial charge in [-0.2, -0.15) is 0 Å². The first-order valence-electron chi connectivity index (χ1n) is 15.5. The van der Waals surface area contributed by atoms with Crippen molar-refractivity contribution in [2.45, 2.75) is 24.6 Å².